The van der Waals surface area contributed by atoms with E-state index < -0.39 is 0 Å². The molecule has 0 radical (unpaired) electrons. The van der Waals surface area contributed by atoms with Gasteiger partial charge in [0.1, 0.15) is 19.1 Å². The fourth-order valence-electron chi connectivity index (χ4n) is 2.84. The van der Waals surface area contributed by atoms with Crippen LogP contribution >= 0.6 is 11.6 Å². The molecule has 1 unspecified atom stereocenters. The Bertz CT molecular complexity index is 377. The fourth-order valence-corrected chi connectivity index (χ4v) is 3.08. The van der Waals surface area contributed by atoms with Crippen LogP contribution in [0.25, 0.3) is 0 Å². The molecule has 106 valence electrons. The third kappa shape index (κ3) is 3.68. The van der Waals surface area contributed by atoms with Crippen molar-refractivity contribution in [1.82, 2.24) is 4.90 Å². The summed E-state index contributed by atoms with van der Waals surface area (Å²) in [5.74, 6) is 0. The van der Waals surface area contributed by atoms with Gasteiger partial charge in [0.05, 0.1) is 19.1 Å². The molecule has 0 bridgehead atoms. The molecule has 1 atom stereocenters. The van der Waals surface area contributed by atoms with Gasteiger partial charge in [-0.05, 0) is 10.0 Å². The Morgan fingerprint density at radius 2 is 1.89 bits per heavy atom. The van der Waals surface area contributed by atoms with Crippen LogP contribution in [0.15, 0.2) is 30.3 Å². The Morgan fingerprint density at radius 1 is 1.26 bits per heavy atom. The van der Waals surface area contributed by atoms with Gasteiger partial charge in [-0.2, -0.15) is 0 Å². The SMILES string of the molecule is CCC(Cc1ccccc1)[N+]1(F)CCN(CCl)CC1. The van der Waals surface area contributed by atoms with E-state index in [0.29, 0.717) is 19.1 Å². The van der Waals surface area contributed by atoms with Crippen LogP contribution in [0.1, 0.15) is 18.9 Å². The minimum atomic E-state index is -0.307. The maximum atomic E-state index is 15.1. The molecule has 2 rings (SSSR count). The van der Waals surface area contributed by atoms with Crippen LogP contribution in [0.4, 0.5) is 4.48 Å². The van der Waals surface area contributed by atoms with E-state index >= 15 is 4.48 Å². The predicted octanol–water partition coefficient (Wildman–Crippen LogP) is 3.22. The molecular weight excluding hydrogens is 263 g/mol. The summed E-state index contributed by atoms with van der Waals surface area (Å²) >= 11 is 5.81. The minimum Gasteiger partial charge on any atom is -0.278 e. The Balaban J connectivity index is 2.01. The van der Waals surface area contributed by atoms with Gasteiger partial charge in [0.15, 0.2) is 0 Å². The van der Waals surface area contributed by atoms with Crippen molar-refractivity contribution in [1.29, 1.82) is 0 Å². The summed E-state index contributed by atoms with van der Waals surface area (Å²) in [7, 11) is 0. The van der Waals surface area contributed by atoms with Crippen molar-refractivity contribution >= 4 is 11.6 Å². The lowest BCUT2D eigenvalue weighted by atomic mass is 10.0. The largest absolute Gasteiger partial charge is 0.278 e. The summed E-state index contributed by atoms with van der Waals surface area (Å²) in [5, 5.41) is 0. The number of alkyl halides is 1. The first-order chi connectivity index (χ1) is 9.18. The average Bonchev–Trinajstić information content (AvgIpc) is 2.46. The van der Waals surface area contributed by atoms with Gasteiger partial charge in [-0.15, -0.1) is 16.3 Å². The van der Waals surface area contributed by atoms with Crippen molar-refractivity contribution in [3.63, 3.8) is 0 Å². The van der Waals surface area contributed by atoms with Crippen molar-refractivity contribution in [3.05, 3.63) is 35.9 Å². The first-order valence-electron chi connectivity index (χ1n) is 7.06. The van der Waals surface area contributed by atoms with E-state index in [4.69, 9.17) is 11.6 Å². The third-order valence-corrected chi connectivity index (χ3v) is 4.52. The van der Waals surface area contributed by atoms with Crippen molar-refractivity contribution in [2.75, 3.05) is 32.2 Å². The predicted molar refractivity (Wildman–Crippen MR) is 77.6 cm³/mol. The summed E-state index contributed by atoms with van der Waals surface area (Å²) in [6, 6.07) is 10.8. The van der Waals surface area contributed by atoms with E-state index in [1.54, 1.807) is 0 Å². The molecule has 4 heteroatoms. The molecule has 1 aromatic rings. The van der Waals surface area contributed by atoms with Crippen LogP contribution in [0.3, 0.4) is 0 Å². The molecule has 1 fully saturated rings. The van der Waals surface area contributed by atoms with E-state index in [9.17, 15) is 0 Å². The zero-order valence-electron chi connectivity index (χ0n) is 11.6. The average molecular weight is 286 g/mol. The molecule has 0 saturated carbocycles. The van der Waals surface area contributed by atoms with Crippen LogP contribution in [0.5, 0.6) is 0 Å². The molecule has 1 heterocycles. The summed E-state index contributed by atoms with van der Waals surface area (Å²) < 4.78 is 14.8. The van der Waals surface area contributed by atoms with Gasteiger partial charge in [0.25, 0.3) is 0 Å². The van der Waals surface area contributed by atoms with Crippen LogP contribution in [0.2, 0.25) is 0 Å². The van der Waals surface area contributed by atoms with Crippen LogP contribution in [-0.2, 0) is 6.42 Å². The van der Waals surface area contributed by atoms with E-state index in [2.05, 4.69) is 24.0 Å². The first-order valence-corrected chi connectivity index (χ1v) is 7.60. The van der Waals surface area contributed by atoms with Gasteiger partial charge >= 0.3 is 0 Å². The number of quaternary nitrogens is 1. The monoisotopic (exact) mass is 285 g/mol. The van der Waals surface area contributed by atoms with Crippen LogP contribution < -0.4 is 0 Å². The summed E-state index contributed by atoms with van der Waals surface area (Å²) in [6.45, 7) is 4.70. The number of hydrogen-bond acceptors (Lipinski definition) is 1. The lowest BCUT2D eigenvalue weighted by Crippen LogP contribution is -2.59. The highest BCUT2D eigenvalue weighted by Gasteiger charge is 2.40. The standard InChI is InChI=1S/C15H23ClFN2/c1-2-15(12-14-6-4-3-5-7-14)19(17)10-8-18(13-16)9-11-19/h3-7,15H,2,8-13H2,1H3/q+1. The Kier molecular flexibility index (Phi) is 5.20. The highest BCUT2D eigenvalue weighted by Crippen LogP contribution is 2.24. The molecule has 19 heavy (non-hydrogen) atoms. The van der Waals surface area contributed by atoms with Gasteiger partial charge in [-0.3, -0.25) is 4.90 Å². The second-order valence-electron chi connectivity index (χ2n) is 5.36. The lowest BCUT2D eigenvalue weighted by molar-refractivity contribution is -1.08. The highest BCUT2D eigenvalue weighted by molar-refractivity contribution is 6.17. The molecule has 0 amide bonds. The zero-order valence-corrected chi connectivity index (χ0v) is 12.3. The number of hydrogen-bond donors (Lipinski definition) is 0. The van der Waals surface area contributed by atoms with E-state index in [1.165, 1.54) is 5.56 Å². The van der Waals surface area contributed by atoms with Crippen LogP contribution in [0, 0.1) is 0 Å². The van der Waals surface area contributed by atoms with Crippen molar-refractivity contribution in [2.24, 2.45) is 0 Å². The molecule has 0 N–H and O–H groups in total. The number of halogens is 2. The number of piperazine rings is 1. The Labute approximate surface area is 120 Å². The maximum absolute atomic E-state index is 15.1. The van der Waals surface area contributed by atoms with E-state index in [0.717, 1.165) is 25.9 Å². The number of rotatable bonds is 5. The number of nitrogens with zero attached hydrogens (tertiary/aromatic N) is 2. The molecule has 2 nitrogen and oxygen atoms in total. The summed E-state index contributed by atoms with van der Waals surface area (Å²) in [6.07, 6.45) is 1.68. The van der Waals surface area contributed by atoms with Crippen LogP contribution in [-0.4, -0.2) is 47.8 Å². The lowest BCUT2D eigenvalue weighted by Gasteiger charge is -2.40. The fraction of sp³-hybridized carbons (Fsp3) is 0.600. The summed E-state index contributed by atoms with van der Waals surface area (Å²) in [4.78, 5) is 2.10. The zero-order chi connectivity index (χ0) is 13.7. The van der Waals surface area contributed by atoms with E-state index in [-0.39, 0.29) is 10.7 Å². The van der Waals surface area contributed by atoms with E-state index in [1.807, 2.05) is 18.2 Å². The van der Waals surface area contributed by atoms with Gasteiger partial charge in [0, 0.05) is 12.8 Å². The smallest absolute Gasteiger partial charge is 0.129 e. The van der Waals surface area contributed by atoms with Gasteiger partial charge in [-0.25, -0.2) is 0 Å². The van der Waals surface area contributed by atoms with Crippen molar-refractivity contribution in [2.45, 2.75) is 25.8 Å². The number of benzene rings is 1. The molecule has 1 aromatic carbocycles. The van der Waals surface area contributed by atoms with Gasteiger partial charge in [-0.1, -0.05) is 37.3 Å². The first kappa shape index (κ1) is 14.8. The molecule has 1 aliphatic heterocycles. The normalized spacial score (nSPS) is 21.2. The molecule has 1 saturated heterocycles. The third-order valence-electron chi connectivity index (χ3n) is 4.18. The topological polar surface area (TPSA) is 3.24 Å². The Hall–Kier alpha value is -0.640. The van der Waals surface area contributed by atoms with Gasteiger partial charge < -0.3 is 0 Å². The summed E-state index contributed by atoms with van der Waals surface area (Å²) in [5.41, 5.74) is 1.23. The minimum absolute atomic E-state index is 0.0554. The van der Waals surface area contributed by atoms with Gasteiger partial charge in [0.2, 0.25) is 0 Å². The molecule has 0 spiro atoms. The molecule has 0 aromatic heterocycles. The molecule has 1 aliphatic rings. The second kappa shape index (κ2) is 6.69. The highest BCUT2D eigenvalue weighted by atomic mass is 35.5. The second-order valence-corrected chi connectivity index (χ2v) is 5.60. The Morgan fingerprint density at radius 3 is 2.42 bits per heavy atom. The quantitative estimate of drug-likeness (QED) is 0.456. The van der Waals surface area contributed by atoms with Crippen molar-refractivity contribution < 1.29 is 9.19 Å². The maximum Gasteiger partial charge on any atom is 0.129 e. The molecule has 0 aliphatic carbocycles. The van der Waals surface area contributed by atoms with Crippen molar-refractivity contribution in [3.8, 4) is 0 Å². The molecular formula is C15H23ClFN2+.